The van der Waals surface area contributed by atoms with Crippen molar-refractivity contribution in [3.05, 3.63) is 46.0 Å². The first-order chi connectivity index (χ1) is 16.9. The van der Waals surface area contributed by atoms with E-state index in [0.29, 0.717) is 35.5 Å². The number of anilines is 2. The molecule has 4 fully saturated rings. The van der Waals surface area contributed by atoms with Gasteiger partial charge in [0.05, 0.1) is 17.3 Å². The molecule has 1 saturated heterocycles. The molecule has 4 aliphatic rings. The third-order valence-corrected chi connectivity index (χ3v) is 7.86. The molecule has 35 heavy (non-hydrogen) atoms. The van der Waals surface area contributed by atoms with Gasteiger partial charge in [-0.2, -0.15) is 4.98 Å². The highest BCUT2D eigenvalue weighted by molar-refractivity contribution is 5.99. The lowest BCUT2D eigenvalue weighted by molar-refractivity contribution is -0.0884. The van der Waals surface area contributed by atoms with Gasteiger partial charge in [-0.25, -0.2) is 9.97 Å². The minimum atomic E-state index is -0.237. The van der Waals surface area contributed by atoms with Gasteiger partial charge in [0.25, 0.3) is 5.56 Å². The Morgan fingerprint density at radius 3 is 2.57 bits per heavy atom. The van der Waals surface area contributed by atoms with E-state index in [-0.39, 0.29) is 22.4 Å². The second-order valence-corrected chi connectivity index (χ2v) is 10.2. The Kier molecular flexibility index (Phi) is 5.32. The fourth-order valence-corrected chi connectivity index (χ4v) is 5.89. The summed E-state index contributed by atoms with van der Waals surface area (Å²) in [7, 11) is 0. The van der Waals surface area contributed by atoms with Crippen molar-refractivity contribution < 1.29 is 9.53 Å². The van der Waals surface area contributed by atoms with Crippen molar-refractivity contribution in [3.8, 4) is 5.75 Å². The van der Waals surface area contributed by atoms with Crippen LogP contribution in [0.5, 0.6) is 5.75 Å². The fourth-order valence-electron chi connectivity index (χ4n) is 5.89. The van der Waals surface area contributed by atoms with Crippen LogP contribution >= 0.6 is 0 Å². The number of carbonyl (C=O) groups excluding carboxylic acids is 1. The van der Waals surface area contributed by atoms with Crippen molar-refractivity contribution in [2.75, 3.05) is 31.6 Å². The largest absolute Gasteiger partial charge is 0.491 e. The zero-order chi connectivity index (χ0) is 24.2. The number of likely N-dealkylation sites (tertiary alicyclic amines) is 1. The summed E-state index contributed by atoms with van der Waals surface area (Å²) in [4.78, 5) is 41.8. The molecule has 2 bridgehead atoms. The summed E-state index contributed by atoms with van der Waals surface area (Å²) in [6, 6.07) is 3.71. The van der Waals surface area contributed by atoms with Crippen LogP contribution in [0.4, 0.5) is 11.8 Å². The van der Waals surface area contributed by atoms with Crippen LogP contribution in [0.3, 0.4) is 0 Å². The van der Waals surface area contributed by atoms with Crippen LogP contribution in [0.25, 0.3) is 11.0 Å². The third kappa shape index (κ3) is 3.78. The minimum Gasteiger partial charge on any atom is -0.491 e. The number of ether oxygens (including phenoxy) is 1. The topological polar surface area (TPSA) is 102 Å². The number of aromatic nitrogens is 4. The molecule has 0 unspecified atom stereocenters. The van der Waals surface area contributed by atoms with Crippen LogP contribution in [0, 0.1) is 12.8 Å². The third-order valence-electron chi connectivity index (χ3n) is 7.86. The monoisotopic (exact) mass is 474 g/mol. The zero-order valence-corrected chi connectivity index (χ0v) is 20.2. The Labute approximate surface area is 203 Å². The van der Waals surface area contributed by atoms with Gasteiger partial charge in [0.1, 0.15) is 23.8 Å². The van der Waals surface area contributed by atoms with Gasteiger partial charge >= 0.3 is 0 Å². The molecule has 9 heteroatoms. The minimum absolute atomic E-state index is 0.212. The number of ketones is 1. The number of hydrogen-bond donors (Lipinski definition) is 1. The second kappa shape index (κ2) is 8.41. The predicted octanol–water partition coefficient (Wildman–Crippen LogP) is 3.42. The zero-order valence-electron chi connectivity index (χ0n) is 20.2. The van der Waals surface area contributed by atoms with Gasteiger partial charge in [-0.05, 0) is 82.7 Å². The molecule has 1 aliphatic heterocycles. The molecule has 3 aliphatic carbocycles. The van der Waals surface area contributed by atoms with Gasteiger partial charge in [0, 0.05) is 18.1 Å². The molecule has 9 nitrogen and oxygen atoms in total. The molecular weight excluding hydrogens is 444 g/mol. The first-order valence-electron chi connectivity index (χ1n) is 12.5. The van der Waals surface area contributed by atoms with Crippen LogP contribution in [-0.4, -0.2) is 56.4 Å². The van der Waals surface area contributed by atoms with E-state index in [2.05, 4.69) is 20.2 Å². The highest BCUT2D eigenvalue weighted by Crippen LogP contribution is 2.62. The summed E-state index contributed by atoms with van der Waals surface area (Å²) in [6.07, 6.45) is 8.83. The Hall–Kier alpha value is -3.33. The van der Waals surface area contributed by atoms with Gasteiger partial charge in [0.2, 0.25) is 5.95 Å². The standard InChI is InChI=1S/C26H30N6O3/c1-16-20-15-28-25(29-21-6-5-19(14-27-21)35-10-9-31-7-3-4-8-31)30-23(20)32(24(34)22(16)17(2)33)26-11-18(12-26)13-26/h5-6,14-15,18H,3-4,7-13H2,1-2H3,(H,27,28,29,30). The van der Waals surface area contributed by atoms with Crippen molar-refractivity contribution in [2.24, 2.45) is 5.92 Å². The molecule has 0 aromatic carbocycles. The number of hydrogen-bond acceptors (Lipinski definition) is 8. The molecule has 0 radical (unpaired) electrons. The Balaban J connectivity index is 1.25. The number of aryl methyl sites for hydroxylation is 1. The summed E-state index contributed by atoms with van der Waals surface area (Å²) in [6.45, 7) is 7.13. The van der Waals surface area contributed by atoms with Crippen LogP contribution < -0.4 is 15.6 Å². The SMILES string of the molecule is CC(=O)c1c(C)c2cnc(Nc3ccc(OCCN4CCCC4)cn3)nc2n(C23CC(C2)C3)c1=O. The summed E-state index contributed by atoms with van der Waals surface area (Å²) in [5.74, 6) is 2.14. The van der Waals surface area contributed by atoms with Crippen molar-refractivity contribution in [2.45, 2.75) is 51.5 Å². The van der Waals surface area contributed by atoms with Gasteiger partial charge < -0.3 is 10.1 Å². The molecule has 3 aromatic rings. The van der Waals surface area contributed by atoms with Crippen molar-refractivity contribution in [1.29, 1.82) is 0 Å². The van der Waals surface area contributed by atoms with E-state index in [4.69, 9.17) is 9.72 Å². The van der Waals surface area contributed by atoms with Crippen LogP contribution in [-0.2, 0) is 5.54 Å². The van der Waals surface area contributed by atoms with Gasteiger partial charge in [-0.1, -0.05) is 0 Å². The maximum absolute atomic E-state index is 13.4. The molecule has 0 atom stereocenters. The summed E-state index contributed by atoms with van der Waals surface area (Å²) < 4.78 is 7.60. The number of nitrogens with zero attached hydrogens (tertiary/aromatic N) is 5. The van der Waals surface area contributed by atoms with E-state index in [1.165, 1.54) is 19.8 Å². The number of fused-ring (bicyclic) bond motifs is 1. The average molecular weight is 475 g/mol. The first kappa shape index (κ1) is 22.2. The first-order valence-corrected chi connectivity index (χ1v) is 12.5. The number of carbonyl (C=O) groups is 1. The lowest BCUT2D eigenvalue weighted by Crippen LogP contribution is -2.62. The summed E-state index contributed by atoms with van der Waals surface area (Å²) in [5.41, 5.74) is 1.01. The van der Waals surface area contributed by atoms with Gasteiger partial charge in [0.15, 0.2) is 5.78 Å². The van der Waals surface area contributed by atoms with Crippen molar-refractivity contribution >= 4 is 28.6 Å². The van der Waals surface area contributed by atoms with E-state index >= 15 is 0 Å². The second-order valence-electron chi connectivity index (χ2n) is 10.2. The molecule has 182 valence electrons. The highest BCUT2D eigenvalue weighted by atomic mass is 16.5. The molecule has 3 saturated carbocycles. The van der Waals surface area contributed by atoms with E-state index in [1.54, 1.807) is 23.9 Å². The summed E-state index contributed by atoms with van der Waals surface area (Å²) >= 11 is 0. The smallest absolute Gasteiger partial charge is 0.263 e. The molecule has 3 aromatic heterocycles. The Morgan fingerprint density at radius 2 is 1.94 bits per heavy atom. The fraction of sp³-hybridized carbons (Fsp3) is 0.500. The van der Waals surface area contributed by atoms with Crippen molar-refractivity contribution in [3.63, 3.8) is 0 Å². The van der Waals surface area contributed by atoms with Crippen LogP contribution in [0.15, 0.2) is 29.3 Å². The quantitative estimate of drug-likeness (QED) is 0.496. The maximum Gasteiger partial charge on any atom is 0.263 e. The number of rotatable bonds is 8. The Morgan fingerprint density at radius 1 is 1.17 bits per heavy atom. The van der Waals surface area contributed by atoms with Crippen molar-refractivity contribution in [1.82, 2.24) is 24.4 Å². The number of pyridine rings is 2. The lowest BCUT2D eigenvalue weighted by Gasteiger charge is -2.62. The Bertz CT molecular complexity index is 1340. The number of nitrogens with one attached hydrogen (secondary N) is 1. The normalized spacial score (nSPS) is 23.1. The van der Waals surface area contributed by atoms with Crippen LogP contribution in [0.2, 0.25) is 0 Å². The molecule has 0 spiro atoms. The number of Topliss-reactive ketones (excluding diaryl/α,β-unsaturated/α-hetero) is 1. The lowest BCUT2D eigenvalue weighted by atomic mass is 9.49. The molecule has 7 rings (SSSR count). The summed E-state index contributed by atoms with van der Waals surface area (Å²) in [5, 5.41) is 3.88. The molecule has 1 N–H and O–H groups in total. The predicted molar refractivity (Wildman–Crippen MR) is 133 cm³/mol. The van der Waals surface area contributed by atoms with E-state index in [9.17, 15) is 9.59 Å². The van der Waals surface area contributed by atoms with Gasteiger partial charge in [-0.3, -0.25) is 19.1 Å². The van der Waals surface area contributed by atoms with Crippen LogP contribution in [0.1, 0.15) is 54.9 Å². The highest BCUT2D eigenvalue weighted by Gasteiger charge is 2.59. The average Bonchev–Trinajstić information content (AvgIpc) is 3.29. The van der Waals surface area contributed by atoms with E-state index in [1.807, 2.05) is 12.1 Å². The van der Waals surface area contributed by atoms with E-state index in [0.717, 1.165) is 50.0 Å². The van der Waals surface area contributed by atoms with Gasteiger partial charge in [-0.15, -0.1) is 0 Å². The maximum atomic E-state index is 13.4. The molecule has 0 amide bonds. The molecule has 4 heterocycles. The molecular formula is C26H30N6O3. The van der Waals surface area contributed by atoms with E-state index < -0.39 is 0 Å².